The van der Waals surface area contributed by atoms with Gasteiger partial charge in [-0.05, 0) is 24.3 Å². The number of nitrogens with zero attached hydrogens (tertiary/aromatic N) is 1. The largest absolute Gasteiger partial charge is 0.302 e. The molecule has 0 atom stereocenters. The molecule has 0 amide bonds. The average Bonchev–Trinajstić information content (AvgIpc) is 2.70. The summed E-state index contributed by atoms with van der Waals surface area (Å²) in [7, 11) is 1.54. The fourth-order valence-corrected chi connectivity index (χ4v) is 2.82. The summed E-state index contributed by atoms with van der Waals surface area (Å²) in [6.07, 6.45) is 2.70. The Morgan fingerprint density at radius 3 is 2.52 bits per heavy atom. The van der Waals surface area contributed by atoms with Crippen LogP contribution in [-0.4, -0.2) is 10.4 Å². The minimum Gasteiger partial charge on any atom is -0.302 e. The van der Waals surface area contributed by atoms with Gasteiger partial charge >= 0.3 is 0 Å². The Morgan fingerprint density at radius 2 is 1.91 bits per heavy atom. The van der Waals surface area contributed by atoms with Crippen LogP contribution in [0.5, 0.6) is 0 Å². The smallest absolute Gasteiger partial charge is 0.268 e. The highest BCUT2D eigenvalue weighted by Gasteiger charge is 2.19. The van der Waals surface area contributed by atoms with Crippen molar-refractivity contribution in [3.63, 3.8) is 0 Å². The molecule has 0 N–H and O–H groups in total. The van der Waals surface area contributed by atoms with Gasteiger partial charge in [0, 0.05) is 24.1 Å². The summed E-state index contributed by atoms with van der Waals surface area (Å²) < 4.78 is 29.0. The zero-order valence-corrected chi connectivity index (χ0v) is 14.1. The fraction of sp³-hybridized carbons (Fsp3) is 0.294. The summed E-state index contributed by atoms with van der Waals surface area (Å²) in [6.45, 7) is 5.35. The molecule has 0 radical (unpaired) electrons. The molecule has 1 heterocycles. The van der Waals surface area contributed by atoms with Gasteiger partial charge < -0.3 is 4.57 Å². The average molecular weight is 337 g/mol. The molecule has 1 aromatic carbocycles. The summed E-state index contributed by atoms with van der Waals surface area (Å²) >= 11 is 1.07. The second-order valence-corrected chi connectivity index (χ2v) is 7.30. The van der Waals surface area contributed by atoms with Crippen molar-refractivity contribution in [1.82, 2.24) is 4.57 Å². The van der Waals surface area contributed by atoms with Crippen molar-refractivity contribution in [1.29, 1.82) is 0 Å². The predicted molar refractivity (Wildman–Crippen MR) is 87.7 cm³/mol. The van der Waals surface area contributed by atoms with Crippen molar-refractivity contribution < 1.29 is 13.6 Å². The summed E-state index contributed by atoms with van der Waals surface area (Å²) in [6, 6.07) is 3.05. The quantitative estimate of drug-likeness (QED) is 0.840. The van der Waals surface area contributed by atoms with Crippen LogP contribution in [-0.2, 0) is 11.8 Å². The number of hydrogen-bond acceptors (Lipinski definition) is 3. The molecule has 122 valence electrons. The molecule has 0 spiro atoms. The number of Topliss-reactive ketones (excluding diaryl/α,β-unsaturated/α-hetero) is 1. The zero-order valence-electron chi connectivity index (χ0n) is 13.3. The molecule has 3 nitrogen and oxygen atoms in total. The molecule has 0 unspecified atom stereocenters. The number of carbonyl (C=O) groups is 1. The van der Waals surface area contributed by atoms with Crippen LogP contribution in [0.25, 0.3) is 12.2 Å². The summed E-state index contributed by atoms with van der Waals surface area (Å²) in [5.41, 5.74) is -0.914. The van der Waals surface area contributed by atoms with Crippen LogP contribution in [0.2, 0.25) is 0 Å². The van der Waals surface area contributed by atoms with Gasteiger partial charge in [0.1, 0.15) is 16.3 Å². The lowest BCUT2D eigenvalue weighted by Crippen LogP contribution is -2.30. The number of benzene rings is 1. The Bertz CT molecular complexity index is 933. The Kier molecular flexibility index (Phi) is 4.66. The molecule has 6 heteroatoms. The van der Waals surface area contributed by atoms with Crippen LogP contribution in [0.15, 0.2) is 23.0 Å². The first-order valence-corrected chi connectivity index (χ1v) is 7.80. The number of ketones is 1. The third-order valence-electron chi connectivity index (χ3n) is 3.30. The maximum absolute atomic E-state index is 13.7. The lowest BCUT2D eigenvalue weighted by atomic mass is 9.91. The number of hydrogen-bond donors (Lipinski definition) is 0. The van der Waals surface area contributed by atoms with Gasteiger partial charge in [-0.1, -0.05) is 20.8 Å². The number of aromatic nitrogens is 1. The molecule has 0 fully saturated rings. The van der Waals surface area contributed by atoms with E-state index in [1.165, 1.54) is 16.7 Å². The van der Waals surface area contributed by atoms with E-state index in [0.717, 1.165) is 29.5 Å². The monoisotopic (exact) mass is 337 g/mol. The van der Waals surface area contributed by atoms with Gasteiger partial charge in [0.25, 0.3) is 5.56 Å². The van der Waals surface area contributed by atoms with Gasteiger partial charge in [-0.15, -0.1) is 11.3 Å². The number of thiazole rings is 1. The molecular weight excluding hydrogens is 320 g/mol. The first-order chi connectivity index (χ1) is 10.6. The summed E-state index contributed by atoms with van der Waals surface area (Å²) in [5.74, 6) is -1.31. The molecule has 0 aliphatic rings. The van der Waals surface area contributed by atoms with Crippen LogP contribution in [0, 0.1) is 17.0 Å². The van der Waals surface area contributed by atoms with E-state index < -0.39 is 17.0 Å². The van der Waals surface area contributed by atoms with Gasteiger partial charge in [0.05, 0.1) is 4.53 Å². The Hall–Kier alpha value is -2.08. The van der Waals surface area contributed by atoms with E-state index in [9.17, 15) is 18.4 Å². The van der Waals surface area contributed by atoms with Gasteiger partial charge in [0.2, 0.25) is 0 Å². The topological polar surface area (TPSA) is 39.1 Å². The van der Waals surface area contributed by atoms with Crippen LogP contribution in [0.4, 0.5) is 8.78 Å². The Balaban J connectivity index is 2.64. The molecular formula is C17H17F2NO2S. The van der Waals surface area contributed by atoms with Gasteiger partial charge in [0.15, 0.2) is 5.78 Å². The van der Waals surface area contributed by atoms with E-state index in [4.69, 9.17) is 0 Å². The number of halogens is 2. The maximum Gasteiger partial charge on any atom is 0.268 e. The van der Waals surface area contributed by atoms with Crippen molar-refractivity contribution in [2.75, 3.05) is 0 Å². The van der Waals surface area contributed by atoms with Gasteiger partial charge in [-0.25, -0.2) is 8.78 Å². The molecule has 2 aromatic rings. The minimum absolute atomic E-state index is 0.00218. The molecule has 0 saturated carbocycles. The second kappa shape index (κ2) is 6.20. The van der Waals surface area contributed by atoms with E-state index >= 15 is 0 Å². The summed E-state index contributed by atoms with van der Waals surface area (Å²) in [4.78, 5) is 24.3. The highest BCUT2D eigenvalue weighted by Crippen LogP contribution is 2.14. The highest BCUT2D eigenvalue weighted by atomic mass is 32.1. The lowest BCUT2D eigenvalue weighted by molar-refractivity contribution is -0.120. The SMILES string of the molecule is Cn1c(=O)/c(=C/c2cc(F)ccc2F)s/c1=C\C(=O)C(C)(C)C. The van der Waals surface area contributed by atoms with Crippen molar-refractivity contribution in [2.24, 2.45) is 12.5 Å². The van der Waals surface area contributed by atoms with Crippen LogP contribution >= 0.6 is 11.3 Å². The van der Waals surface area contributed by atoms with Crippen LogP contribution in [0.3, 0.4) is 0 Å². The van der Waals surface area contributed by atoms with Crippen molar-refractivity contribution in [3.8, 4) is 0 Å². The van der Waals surface area contributed by atoms with Crippen molar-refractivity contribution >= 4 is 29.3 Å². The Labute approximate surface area is 136 Å². The predicted octanol–water partition coefficient (Wildman–Crippen LogP) is 1.95. The van der Waals surface area contributed by atoms with E-state index in [2.05, 4.69) is 0 Å². The summed E-state index contributed by atoms with van der Waals surface area (Å²) in [5, 5.41) is 0. The standard InChI is InChI=1S/C17H17F2NO2S/c1-17(2,3)14(21)9-15-20(4)16(22)13(23-15)8-10-7-11(18)5-6-12(10)19/h5-9H,1-4H3/b13-8-,15-9-. The number of carbonyl (C=O) groups excluding carboxylic acids is 1. The Morgan fingerprint density at radius 1 is 1.26 bits per heavy atom. The van der Waals surface area contributed by atoms with E-state index in [-0.39, 0.29) is 21.4 Å². The fourth-order valence-electron chi connectivity index (χ4n) is 1.80. The molecule has 23 heavy (non-hydrogen) atoms. The van der Waals surface area contributed by atoms with Crippen LogP contribution in [0.1, 0.15) is 26.3 Å². The van der Waals surface area contributed by atoms with Gasteiger partial charge in [-0.2, -0.15) is 0 Å². The number of rotatable bonds is 2. The van der Waals surface area contributed by atoms with E-state index in [1.54, 1.807) is 27.8 Å². The molecule has 0 aliphatic carbocycles. The first-order valence-electron chi connectivity index (χ1n) is 6.98. The minimum atomic E-state index is -0.613. The molecule has 1 aromatic heterocycles. The van der Waals surface area contributed by atoms with Gasteiger partial charge in [-0.3, -0.25) is 9.59 Å². The second-order valence-electron chi connectivity index (χ2n) is 6.24. The molecule has 0 saturated heterocycles. The third kappa shape index (κ3) is 3.82. The van der Waals surface area contributed by atoms with Crippen LogP contribution < -0.4 is 14.8 Å². The van der Waals surface area contributed by atoms with Crippen molar-refractivity contribution in [2.45, 2.75) is 20.8 Å². The third-order valence-corrected chi connectivity index (χ3v) is 4.41. The zero-order chi connectivity index (χ0) is 17.4. The van der Waals surface area contributed by atoms with E-state index in [0.29, 0.717) is 4.66 Å². The first kappa shape index (κ1) is 17.3. The van der Waals surface area contributed by atoms with E-state index in [1.807, 2.05) is 0 Å². The maximum atomic E-state index is 13.7. The highest BCUT2D eigenvalue weighted by molar-refractivity contribution is 7.07. The molecule has 0 aliphatic heterocycles. The van der Waals surface area contributed by atoms with Crippen molar-refractivity contribution in [3.05, 3.63) is 54.9 Å². The lowest BCUT2D eigenvalue weighted by Gasteiger charge is -2.12. The molecule has 2 rings (SSSR count). The normalized spacial score (nSPS) is 13.7. The molecule has 0 bridgehead atoms.